The van der Waals surface area contributed by atoms with Gasteiger partial charge in [-0.05, 0) is 38.8 Å². The first-order valence-corrected chi connectivity index (χ1v) is 8.57. The van der Waals surface area contributed by atoms with Crippen LogP contribution >= 0.6 is 0 Å². The maximum atomic E-state index is 12.0. The lowest BCUT2D eigenvalue weighted by Gasteiger charge is -2.32. The molecule has 0 amide bonds. The summed E-state index contributed by atoms with van der Waals surface area (Å²) >= 11 is 0. The molecule has 0 aromatic rings. The monoisotopic (exact) mass is 276 g/mol. The van der Waals surface area contributed by atoms with Crippen LogP contribution in [0.15, 0.2) is 0 Å². The van der Waals surface area contributed by atoms with Gasteiger partial charge in [-0.1, -0.05) is 6.42 Å². The van der Waals surface area contributed by atoms with E-state index < -0.39 is 10.0 Å². The third kappa shape index (κ3) is 3.44. The molecule has 2 heterocycles. The van der Waals surface area contributed by atoms with E-state index in [9.17, 15) is 8.42 Å². The SMILES string of the molecule is O=S(=O)(CCCO)N1CCC(N2CCCCC2)C1. The molecule has 2 aliphatic heterocycles. The minimum absolute atomic E-state index is 0.0530. The van der Waals surface area contributed by atoms with Gasteiger partial charge in [-0.2, -0.15) is 0 Å². The zero-order valence-electron chi connectivity index (χ0n) is 10.9. The van der Waals surface area contributed by atoms with Gasteiger partial charge in [-0.15, -0.1) is 0 Å². The van der Waals surface area contributed by atoms with Gasteiger partial charge in [0.25, 0.3) is 0 Å². The minimum Gasteiger partial charge on any atom is -0.396 e. The second kappa shape index (κ2) is 6.32. The number of sulfonamides is 1. The first kappa shape index (κ1) is 14.2. The molecule has 1 unspecified atom stereocenters. The molecule has 2 saturated heterocycles. The fraction of sp³-hybridized carbons (Fsp3) is 1.00. The smallest absolute Gasteiger partial charge is 0.214 e. The van der Waals surface area contributed by atoms with Gasteiger partial charge in [0, 0.05) is 25.7 Å². The maximum absolute atomic E-state index is 12.0. The van der Waals surface area contributed by atoms with E-state index in [4.69, 9.17) is 5.11 Å². The van der Waals surface area contributed by atoms with E-state index in [1.165, 1.54) is 19.3 Å². The highest BCUT2D eigenvalue weighted by molar-refractivity contribution is 7.89. The Morgan fingerprint density at radius 2 is 1.83 bits per heavy atom. The second-order valence-corrected chi connectivity index (χ2v) is 7.38. The summed E-state index contributed by atoms with van der Waals surface area (Å²) in [6.45, 7) is 3.48. The van der Waals surface area contributed by atoms with E-state index in [0.29, 0.717) is 25.6 Å². The lowest BCUT2D eigenvalue weighted by molar-refractivity contribution is 0.169. The Morgan fingerprint density at radius 3 is 2.50 bits per heavy atom. The fourth-order valence-corrected chi connectivity index (χ4v) is 4.46. The van der Waals surface area contributed by atoms with Crippen LogP contribution in [0.2, 0.25) is 0 Å². The van der Waals surface area contributed by atoms with Crippen molar-refractivity contribution >= 4 is 10.0 Å². The number of nitrogens with zero attached hydrogens (tertiary/aromatic N) is 2. The molecule has 6 heteroatoms. The maximum Gasteiger partial charge on any atom is 0.214 e. The molecule has 5 nitrogen and oxygen atoms in total. The molecule has 2 aliphatic rings. The van der Waals surface area contributed by atoms with Crippen LogP contribution in [-0.4, -0.2) is 67.3 Å². The number of likely N-dealkylation sites (tertiary alicyclic amines) is 1. The molecule has 1 atom stereocenters. The zero-order valence-corrected chi connectivity index (χ0v) is 11.7. The molecule has 0 radical (unpaired) electrons. The zero-order chi connectivity index (χ0) is 13.0. The molecule has 106 valence electrons. The van der Waals surface area contributed by atoms with Gasteiger partial charge in [-0.25, -0.2) is 12.7 Å². The van der Waals surface area contributed by atoms with E-state index in [-0.39, 0.29) is 12.4 Å². The van der Waals surface area contributed by atoms with Crippen molar-refractivity contribution in [3.8, 4) is 0 Å². The normalized spacial score (nSPS) is 27.7. The molecular weight excluding hydrogens is 252 g/mol. The quantitative estimate of drug-likeness (QED) is 0.782. The molecule has 0 saturated carbocycles. The minimum atomic E-state index is -3.15. The number of aliphatic hydroxyl groups is 1. The summed E-state index contributed by atoms with van der Waals surface area (Å²) in [5.41, 5.74) is 0. The topological polar surface area (TPSA) is 60.9 Å². The Balaban J connectivity index is 1.87. The number of aliphatic hydroxyl groups excluding tert-OH is 1. The summed E-state index contributed by atoms with van der Waals surface area (Å²) in [5.74, 6) is 0.0796. The van der Waals surface area contributed by atoms with E-state index >= 15 is 0 Å². The van der Waals surface area contributed by atoms with Crippen LogP contribution in [0.1, 0.15) is 32.1 Å². The summed E-state index contributed by atoms with van der Waals surface area (Å²) in [4.78, 5) is 2.45. The number of piperidine rings is 1. The summed E-state index contributed by atoms with van der Waals surface area (Å²) in [5, 5.41) is 8.74. The Morgan fingerprint density at radius 1 is 1.11 bits per heavy atom. The predicted octanol–water partition coefficient (Wildman–Crippen LogP) is 0.259. The average Bonchev–Trinajstić information content (AvgIpc) is 2.88. The van der Waals surface area contributed by atoms with Crippen molar-refractivity contribution in [1.29, 1.82) is 0 Å². The van der Waals surface area contributed by atoms with E-state index in [1.54, 1.807) is 4.31 Å². The van der Waals surface area contributed by atoms with Crippen molar-refractivity contribution in [3.05, 3.63) is 0 Å². The number of hydrogen-bond acceptors (Lipinski definition) is 4. The van der Waals surface area contributed by atoms with Crippen molar-refractivity contribution in [2.45, 2.75) is 38.1 Å². The molecule has 2 rings (SSSR count). The van der Waals surface area contributed by atoms with Gasteiger partial charge in [0.2, 0.25) is 10.0 Å². The summed E-state index contributed by atoms with van der Waals surface area (Å²) in [6, 6.07) is 0.411. The highest BCUT2D eigenvalue weighted by Crippen LogP contribution is 2.22. The van der Waals surface area contributed by atoms with Crippen LogP contribution in [0.5, 0.6) is 0 Å². The van der Waals surface area contributed by atoms with E-state index in [2.05, 4.69) is 4.90 Å². The Labute approximate surface area is 110 Å². The van der Waals surface area contributed by atoms with Crippen LogP contribution < -0.4 is 0 Å². The largest absolute Gasteiger partial charge is 0.396 e. The Kier molecular flexibility index (Phi) is 5.00. The highest BCUT2D eigenvalue weighted by atomic mass is 32.2. The third-order valence-corrected chi connectivity index (χ3v) is 5.91. The molecule has 1 N–H and O–H groups in total. The van der Waals surface area contributed by atoms with Gasteiger partial charge < -0.3 is 5.11 Å². The molecule has 0 spiro atoms. The average molecular weight is 276 g/mol. The van der Waals surface area contributed by atoms with Crippen LogP contribution in [0, 0.1) is 0 Å². The van der Waals surface area contributed by atoms with Crippen LogP contribution in [0.3, 0.4) is 0 Å². The third-order valence-electron chi connectivity index (χ3n) is 3.99. The van der Waals surface area contributed by atoms with Crippen molar-refractivity contribution in [2.75, 3.05) is 38.5 Å². The summed E-state index contributed by atoms with van der Waals surface area (Å²) in [7, 11) is -3.15. The molecule has 0 aliphatic carbocycles. The number of rotatable bonds is 5. The highest BCUT2D eigenvalue weighted by Gasteiger charge is 2.34. The predicted molar refractivity (Wildman–Crippen MR) is 70.9 cm³/mol. The first-order valence-electron chi connectivity index (χ1n) is 6.96. The standard InChI is InChI=1S/C12H24N2O3S/c15-9-4-10-18(16,17)14-8-5-12(11-14)13-6-2-1-3-7-13/h12,15H,1-11H2. The van der Waals surface area contributed by atoms with Crippen LogP contribution in [0.25, 0.3) is 0 Å². The van der Waals surface area contributed by atoms with Crippen molar-refractivity contribution in [3.63, 3.8) is 0 Å². The molecule has 0 aromatic carbocycles. The van der Waals surface area contributed by atoms with Crippen molar-refractivity contribution in [1.82, 2.24) is 9.21 Å². The molecular formula is C12H24N2O3S. The Bertz CT molecular complexity index is 352. The number of hydrogen-bond donors (Lipinski definition) is 1. The molecule has 2 fully saturated rings. The van der Waals surface area contributed by atoms with Crippen molar-refractivity contribution < 1.29 is 13.5 Å². The van der Waals surface area contributed by atoms with Crippen molar-refractivity contribution in [2.24, 2.45) is 0 Å². The van der Waals surface area contributed by atoms with Gasteiger partial charge in [0.05, 0.1) is 5.75 Å². The summed E-state index contributed by atoms with van der Waals surface area (Å²) < 4.78 is 25.6. The van der Waals surface area contributed by atoms with Crippen LogP contribution in [-0.2, 0) is 10.0 Å². The van der Waals surface area contributed by atoms with Crippen LogP contribution in [0.4, 0.5) is 0 Å². The molecule has 0 aromatic heterocycles. The van der Waals surface area contributed by atoms with Gasteiger partial charge >= 0.3 is 0 Å². The van der Waals surface area contributed by atoms with Gasteiger partial charge in [0.15, 0.2) is 0 Å². The fourth-order valence-electron chi connectivity index (χ4n) is 2.92. The van der Waals surface area contributed by atoms with E-state index in [0.717, 1.165) is 19.5 Å². The Hall–Kier alpha value is -0.170. The van der Waals surface area contributed by atoms with E-state index in [1.807, 2.05) is 0 Å². The van der Waals surface area contributed by atoms with Gasteiger partial charge in [-0.3, -0.25) is 4.90 Å². The lowest BCUT2D eigenvalue weighted by atomic mass is 10.1. The molecule has 0 bridgehead atoms. The summed E-state index contributed by atoms with van der Waals surface area (Å²) in [6.07, 6.45) is 5.09. The first-order chi connectivity index (χ1) is 8.63. The lowest BCUT2D eigenvalue weighted by Crippen LogP contribution is -2.42. The second-order valence-electron chi connectivity index (χ2n) is 5.29. The molecule has 18 heavy (non-hydrogen) atoms. The van der Waals surface area contributed by atoms with Gasteiger partial charge in [0.1, 0.15) is 0 Å².